The van der Waals surface area contributed by atoms with Gasteiger partial charge in [0.1, 0.15) is 0 Å². The maximum atomic E-state index is 12.3. The number of pyridine rings is 1. The lowest BCUT2D eigenvalue weighted by atomic mass is 9.78. The Hall–Kier alpha value is -1.43. The number of ether oxygens (including phenoxy) is 1. The van der Waals surface area contributed by atoms with Crippen LogP contribution in [0.25, 0.3) is 0 Å². The molecule has 0 unspecified atom stereocenters. The lowest BCUT2D eigenvalue weighted by Crippen LogP contribution is -2.47. The van der Waals surface area contributed by atoms with Crippen molar-refractivity contribution in [2.24, 2.45) is 11.8 Å². The van der Waals surface area contributed by atoms with Crippen molar-refractivity contribution in [1.29, 1.82) is 0 Å². The van der Waals surface area contributed by atoms with Gasteiger partial charge in [-0.05, 0) is 47.2 Å². The van der Waals surface area contributed by atoms with E-state index in [1.54, 1.807) is 19.2 Å². The molecule has 1 N–H and O–H groups in total. The average Bonchev–Trinajstić information content (AvgIpc) is 2.51. The molecule has 1 aromatic heterocycles. The summed E-state index contributed by atoms with van der Waals surface area (Å²) in [5.74, 6) is 0.239. The third-order valence-electron chi connectivity index (χ3n) is 4.63. The molecule has 1 saturated carbocycles. The van der Waals surface area contributed by atoms with E-state index < -0.39 is 12.1 Å². The van der Waals surface area contributed by atoms with Gasteiger partial charge in [-0.2, -0.15) is 0 Å². The Bertz CT molecular complexity index is 579. The van der Waals surface area contributed by atoms with Crippen LogP contribution in [0.3, 0.4) is 0 Å². The summed E-state index contributed by atoms with van der Waals surface area (Å²) in [4.78, 5) is 28.3. The summed E-state index contributed by atoms with van der Waals surface area (Å²) in [6.07, 6.45) is 5.47. The lowest BCUT2D eigenvalue weighted by Gasteiger charge is -2.35. The molecule has 1 amide bonds. The smallest absolute Gasteiger partial charge is 0.340 e. The van der Waals surface area contributed by atoms with Crippen LogP contribution in [0.5, 0.6) is 0 Å². The van der Waals surface area contributed by atoms with Gasteiger partial charge in [0.05, 0.1) is 5.56 Å². The second kappa shape index (κ2) is 7.90. The van der Waals surface area contributed by atoms with Gasteiger partial charge in [0.15, 0.2) is 6.10 Å². The summed E-state index contributed by atoms with van der Waals surface area (Å²) in [5.41, 5.74) is 0.318. The number of hydrogen-bond acceptors (Lipinski definition) is 4. The van der Waals surface area contributed by atoms with Crippen LogP contribution in [0.4, 0.5) is 0 Å². The molecule has 1 fully saturated rings. The van der Waals surface area contributed by atoms with E-state index >= 15 is 0 Å². The van der Waals surface area contributed by atoms with E-state index in [0.29, 0.717) is 21.9 Å². The molecular formula is C17H23BrN2O3. The van der Waals surface area contributed by atoms with Crippen molar-refractivity contribution in [3.05, 3.63) is 28.5 Å². The third kappa shape index (κ3) is 4.77. The Kier molecular flexibility index (Phi) is 6.16. The van der Waals surface area contributed by atoms with Crippen LogP contribution in [-0.4, -0.2) is 29.0 Å². The zero-order valence-electron chi connectivity index (χ0n) is 13.7. The monoisotopic (exact) mass is 382 g/mol. The van der Waals surface area contributed by atoms with Crippen LogP contribution in [0, 0.1) is 11.8 Å². The molecule has 5 nitrogen and oxygen atoms in total. The topological polar surface area (TPSA) is 68.3 Å². The summed E-state index contributed by atoms with van der Waals surface area (Å²) in [6.45, 7) is 5.97. The third-order valence-corrected chi connectivity index (χ3v) is 5.06. The van der Waals surface area contributed by atoms with E-state index in [2.05, 4.69) is 40.1 Å². The average molecular weight is 383 g/mol. The molecule has 1 aromatic rings. The molecule has 6 heteroatoms. The van der Waals surface area contributed by atoms with E-state index in [4.69, 9.17) is 4.74 Å². The van der Waals surface area contributed by atoms with Gasteiger partial charge in [-0.3, -0.25) is 9.78 Å². The maximum Gasteiger partial charge on any atom is 0.340 e. The highest BCUT2D eigenvalue weighted by Crippen LogP contribution is 2.29. The van der Waals surface area contributed by atoms with E-state index in [0.717, 1.165) is 12.8 Å². The van der Waals surface area contributed by atoms with Gasteiger partial charge in [-0.15, -0.1) is 0 Å². The molecule has 0 aromatic carbocycles. The van der Waals surface area contributed by atoms with Crippen molar-refractivity contribution in [1.82, 2.24) is 10.3 Å². The fraction of sp³-hybridized carbons (Fsp3) is 0.588. The number of carbonyl (C=O) groups excluding carboxylic acids is 2. The van der Waals surface area contributed by atoms with Gasteiger partial charge in [-0.25, -0.2) is 4.79 Å². The van der Waals surface area contributed by atoms with Gasteiger partial charge in [0.2, 0.25) is 0 Å². The van der Waals surface area contributed by atoms with Crippen molar-refractivity contribution in [2.45, 2.75) is 52.2 Å². The number of esters is 1. The minimum atomic E-state index is -0.828. The first-order chi connectivity index (χ1) is 10.9. The van der Waals surface area contributed by atoms with Crippen LogP contribution < -0.4 is 5.32 Å². The molecular weight excluding hydrogens is 360 g/mol. The molecule has 23 heavy (non-hydrogen) atoms. The van der Waals surface area contributed by atoms with E-state index in [-0.39, 0.29) is 11.9 Å². The summed E-state index contributed by atoms with van der Waals surface area (Å²) in [5, 5.41) is 3.03. The number of rotatable bonds is 4. The quantitative estimate of drug-likeness (QED) is 0.810. The number of nitrogens with zero attached hydrogens (tertiary/aromatic N) is 1. The summed E-state index contributed by atoms with van der Waals surface area (Å²) in [7, 11) is 0. The van der Waals surface area contributed by atoms with Crippen LogP contribution in [0.15, 0.2) is 22.9 Å². The highest BCUT2D eigenvalue weighted by atomic mass is 79.9. The predicted octanol–water partition coefficient (Wildman–Crippen LogP) is 3.33. The normalized spacial score (nSPS) is 25.5. The first kappa shape index (κ1) is 17.9. The van der Waals surface area contributed by atoms with E-state index in [1.807, 2.05) is 0 Å². The second-order valence-electron chi connectivity index (χ2n) is 6.32. The summed E-state index contributed by atoms with van der Waals surface area (Å²) < 4.78 is 5.93. The summed E-state index contributed by atoms with van der Waals surface area (Å²) >= 11 is 3.25. The molecule has 0 saturated heterocycles. The molecule has 0 bridgehead atoms. The Labute approximate surface area is 145 Å². The van der Waals surface area contributed by atoms with Crippen LogP contribution in [0.1, 0.15) is 50.4 Å². The van der Waals surface area contributed by atoms with Crippen molar-refractivity contribution in [2.75, 3.05) is 0 Å². The molecule has 1 aliphatic rings. The molecule has 4 atom stereocenters. The number of nitrogens with one attached hydrogen (secondary N) is 1. The van der Waals surface area contributed by atoms with Crippen LogP contribution >= 0.6 is 15.9 Å². The number of amides is 1. The SMILES string of the molecule is C[C@@H]1[C@@H](C)CCC[C@H]1NC(=O)[C@H](C)OC(=O)c1cncc(Br)c1. The Morgan fingerprint density at radius 2 is 2.09 bits per heavy atom. The zero-order valence-corrected chi connectivity index (χ0v) is 15.3. The fourth-order valence-corrected chi connectivity index (χ4v) is 3.26. The van der Waals surface area contributed by atoms with Crippen molar-refractivity contribution in [3.8, 4) is 0 Å². The van der Waals surface area contributed by atoms with Crippen LogP contribution in [0.2, 0.25) is 0 Å². The maximum absolute atomic E-state index is 12.3. The van der Waals surface area contributed by atoms with Crippen molar-refractivity contribution >= 4 is 27.8 Å². The van der Waals surface area contributed by atoms with Gasteiger partial charge < -0.3 is 10.1 Å². The van der Waals surface area contributed by atoms with E-state index in [9.17, 15) is 9.59 Å². The first-order valence-electron chi connectivity index (χ1n) is 8.00. The van der Waals surface area contributed by atoms with Crippen LogP contribution in [-0.2, 0) is 9.53 Å². The Balaban J connectivity index is 1.91. The van der Waals surface area contributed by atoms with Gasteiger partial charge in [-0.1, -0.05) is 26.7 Å². The second-order valence-corrected chi connectivity index (χ2v) is 7.24. The number of hydrogen-bond donors (Lipinski definition) is 1. The molecule has 2 rings (SSSR count). The van der Waals surface area contributed by atoms with Crippen molar-refractivity contribution in [3.63, 3.8) is 0 Å². The molecule has 0 radical (unpaired) electrons. The highest BCUT2D eigenvalue weighted by molar-refractivity contribution is 9.10. The highest BCUT2D eigenvalue weighted by Gasteiger charge is 2.30. The molecule has 126 valence electrons. The van der Waals surface area contributed by atoms with Gasteiger partial charge in [0.25, 0.3) is 5.91 Å². The van der Waals surface area contributed by atoms with Crippen molar-refractivity contribution < 1.29 is 14.3 Å². The number of halogens is 1. The van der Waals surface area contributed by atoms with E-state index in [1.165, 1.54) is 12.6 Å². The Morgan fingerprint density at radius 1 is 1.35 bits per heavy atom. The summed E-state index contributed by atoms with van der Waals surface area (Å²) in [6, 6.07) is 1.77. The number of carbonyl (C=O) groups is 2. The zero-order chi connectivity index (χ0) is 17.0. The lowest BCUT2D eigenvalue weighted by molar-refractivity contribution is -0.130. The first-order valence-corrected chi connectivity index (χ1v) is 8.79. The standard InChI is InChI=1S/C17H23BrN2O3/c1-10-5-4-6-15(11(10)2)20-16(21)12(3)23-17(22)13-7-14(18)9-19-8-13/h7-12,15H,4-6H2,1-3H3,(H,20,21)/t10-,11+,12-,15+/m0/s1. The predicted molar refractivity (Wildman–Crippen MR) is 90.9 cm³/mol. The number of aromatic nitrogens is 1. The largest absolute Gasteiger partial charge is 0.449 e. The minimum Gasteiger partial charge on any atom is -0.449 e. The molecule has 1 aliphatic carbocycles. The Morgan fingerprint density at radius 3 is 2.78 bits per heavy atom. The molecule has 0 spiro atoms. The van der Waals surface area contributed by atoms with Gasteiger partial charge >= 0.3 is 5.97 Å². The molecule has 0 aliphatic heterocycles. The molecule has 1 heterocycles. The van der Waals surface area contributed by atoms with Gasteiger partial charge in [0, 0.05) is 22.9 Å². The minimum absolute atomic E-state index is 0.153. The fourth-order valence-electron chi connectivity index (χ4n) is 2.89.